The van der Waals surface area contributed by atoms with Crippen molar-refractivity contribution < 1.29 is 15.7 Å². The Kier molecular flexibility index (Phi) is 16.2. The van der Waals surface area contributed by atoms with Gasteiger partial charge in [-0.15, -0.1) is 33.7 Å². The van der Waals surface area contributed by atoms with E-state index in [1.165, 1.54) is 33.4 Å². The van der Waals surface area contributed by atoms with Gasteiger partial charge in [0.2, 0.25) is 0 Å². The van der Waals surface area contributed by atoms with Gasteiger partial charge in [0.25, 0.3) is 0 Å². The molecule has 3 aromatic rings. The van der Waals surface area contributed by atoms with E-state index in [4.69, 9.17) is 0 Å². The quantitative estimate of drug-likeness (QED) is 0.290. The first-order valence-corrected chi connectivity index (χ1v) is 16.3. The number of hydrogen-bond acceptors (Lipinski definition) is 1. The SMILES string of the molecule is Cc1cc(C)cc([N-]C(C)(C)C)c1.Cc1cc(C)cc([N-]C(C)(C)C)c1.Cc1cc(C)cc([N-]C(C)(C)C)c1.[S]=[V]. The van der Waals surface area contributed by atoms with Crippen LogP contribution in [0.2, 0.25) is 0 Å². The third kappa shape index (κ3) is 20.4. The maximum atomic E-state index is 4.61. The average Bonchev–Trinajstić information content (AvgIpc) is 2.70. The predicted molar refractivity (Wildman–Crippen MR) is 184 cm³/mol. The molecule has 227 valence electrons. The van der Waals surface area contributed by atoms with E-state index in [9.17, 15) is 0 Å². The summed E-state index contributed by atoms with van der Waals surface area (Å²) < 4.78 is 0. The van der Waals surface area contributed by atoms with Crippen LogP contribution in [-0.4, -0.2) is 16.6 Å². The monoisotopic (exact) mass is 611 g/mol. The second-order valence-electron chi connectivity index (χ2n) is 13.9. The van der Waals surface area contributed by atoms with Crippen molar-refractivity contribution in [1.82, 2.24) is 0 Å². The molecule has 0 heterocycles. The molecule has 0 bridgehead atoms. The first kappa shape index (κ1) is 38.9. The molecule has 3 nitrogen and oxygen atoms in total. The first-order valence-electron chi connectivity index (χ1n) is 14.2. The molecule has 3 rings (SSSR count). The molecule has 0 atom stereocenters. The Bertz CT molecular complexity index is 1000. The summed E-state index contributed by atoms with van der Waals surface area (Å²) in [6.07, 6.45) is 0. The molecule has 41 heavy (non-hydrogen) atoms. The van der Waals surface area contributed by atoms with Crippen LogP contribution in [0.15, 0.2) is 54.6 Å². The van der Waals surface area contributed by atoms with Crippen LogP contribution in [0.4, 0.5) is 17.1 Å². The molecule has 0 spiro atoms. The van der Waals surface area contributed by atoms with E-state index < -0.39 is 0 Å². The maximum absolute atomic E-state index is 4.61. The Morgan fingerprint density at radius 2 is 0.512 bits per heavy atom. The second kappa shape index (κ2) is 17.1. The van der Waals surface area contributed by atoms with Gasteiger partial charge in [-0.1, -0.05) is 150 Å². The van der Waals surface area contributed by atoms with Gasteiger partial charge in [-0.2, -0.15) is 0 Å². The van der Waals surface area contributed by atoms with E-state index in [1.54, 1.807) is 0 Å². The fourth-order valence-electron chi connectivity index (χ4n) is 4.21. The number of rotatable bonds is 3. The molecule has 3 aromatic carbocycles. The number of hydrogen-bond donors (Lipinski definition) is 0. The minimum absolute atomic E-state index is 0.0141. The summed E-state index contributed by atoms with van der Waals surface area (Å²) in [5, 5.41) is 13.8. The van der Waals surface area contributed by atoms with Crippen molar-refractivity contribution >= 4 is 27.3 Å². The van der Waals surface area contributed by atoms with E-state index in [-0.39, 0.29) is 16.6 Å². The number of aryl methyl sites for hydroxylation is 6. The zero-order valence-electron chi connectivity index (χ0n) is 28.4. The molecule has 0 saturated carbocycles. The molecule has 0 saturated heterocycles. The third-order valence-corrected chi connectivity index (χ3v) is 5.01. The Hall–Kier alpha value is -2.14. The summed E-state index contributed by atoms with van der Waals surface area (Å²) in [5.74, 6) is 0. The van der Waals surface area contributed by atoms with Crippen LogP contribution in [0.3, 0.4) is 0 Å². The van der Waals surface area contributed by atoms with Gasteiger partial charge in [0.05, 0.1) is 0 Å². The normalized spacial score (nSPS) is 11.0. The predicted octanol–water partition coefficient (Wildman–Crippen LogP) is 13.0. The third-order valence-electron chi connectivity index (χ3n) is 5.01. The van der Waals surface area contributed by atoms with E-state index in [0.717, 1.165) is 17.1 Å². The molecular weight excluding hydrogens is 557 g/mol. The molecule has 0 aliphatic rings. The summed E-state index contributed by atoms with van der Waals surface area (Å²) >= 11 is 1.90. The molecule has 5 heteroatoms. The van der Waals surface area contributed by atoms with Crippen LogP contribution in [0.5, 0.6) is 0 Å². The minimum atomic E-state index is 0.0141. The Balaban J connectivity index is 0.000000567. The van der Waals surface area contributed by atoms with Crippen molar-refractivity contribution in [2.75, 3.05) is 0 Å². The number of nitrogens with zero attached hydrogens (tertiary/aromatic N) is 3. The zero-order chi connectivity index (χ0) is 32.2. The van der Waals surface area contributed by atoms with Gasteiger partial charge in [0.15, 0.2) is 0 Å². The van der Waals surface area contributed by atoms with Crippen LogP contribution in [0.1, 0.15) is 95.7 Å². The summed E-state index contributed by atoms with van der Waals surface area (Å²) in [7, 11) is 4.02. The van der Waals surface area contributed by atoms with Crippen molar-refractivity contribution in [3.05, 3.63) is 104 Å². The van der Waals surface area contributed by atoms with Crippen molar-refractivity contribution in [2.24, 2.45) is 0 Å². The van der Waals surface area contributed by atoms with E-state index in [0.29, 0.717) is 0 Å². The molecule has 0 radical (unpaired) electrons. The fourth-order valence-corrected chi connectivity index (χ4v) is 4.21. The fraction of sp³-hybridized carbons (Fsp3) is 0.500. The summed E-state index contributed by atoms with van der Waals surface area (Å²) in [6.45, 7) is 31.7. The number of benzene rings is 3. The molecule has 0 aliphatic heterocycles. The van der Waals surface area contributed by atoms with Gasteiger partial charge in [0, 0.05) is 0 Å². The molecule has 0 unspecified atom stereocenters. The van der Waals surface area contributed by atoms with Crippen LogP contribution in [0, 0.1) is 41.5 Å². The van der Waals surface area contributed by atoms with Crippen LogP contribution >= 0.6 is 10.3 Å². The molecule has 0 aromatic heterocycles. The molecular formula is C36H54N3SV-3. The summed E-state index contributed by atoms with van der Waals surface area (Å²) in [5.41, 5.74) is 11.0. The van der Waals surface area contributed by atoms with Crippen molar-refractivity contribution in [3.8, 4) is 0 Å². The standard InChI is InChI=1S/3C12H18N.S.V/c3*1-9-6-10(2)8-11(7-9)13-12(3,4)5;;/h3*6-8H,1-5H3;;/q3*-1;;. The Morgan fingerprint density at radius 3 is 0.634 bits per heavy atom. The van der Waals surface area contributed by atoms with Gasteiger partial charge < -0.3 is 16.0 Å². The summed E-state index contributed by atoms with van der Waals surface area (Å²) in [4.78, 5) is 0. The van der Waals surface area contributed by atoms with Gasteiger partial charge in [-0.05, 0) is 41.5 Å². The molecule has 0 fully saturated rings. The first-order chi connectivity index (χ1) is 18.6. The zero-order valence-corrected chi connectivity index (χ0v) is 30.6. The molecule has 0 N–H and O–H groups in total. The van der Waals surface area contributed by atoms with Crippen molar-refractivity contribution in [3.63, 3.8) is 0 Å². The van der Waals surface area contributed by atoms with E-state index in [2.05, 4.69) is 185 Å². The van der Waals surface area contributed by atoms with Crippen LogP contribution in [0.25, 0.3) is 16.0 Å². The Morgan fingerprint density at radius 1 is 0.366 bits per heavy atom. The summed E-state index contributed by atoms with van der Waals surface area (Å²) in [6, 6.07) is 19.2. The van der Waals surface area contributed by atoms with Gasteiger partial charge in [-0.25, -0.2) is 0 Å². The van der Waals surface area contributed by atoms with Crippen LogP contribution < -0.4 is 0 Å². The van der Waals surface area contributed by atoms with Crippen LogP contribution in [-0.2, 0) is 15.7 Å². The van der Waals surface area contributed by atoms with Crippen molar-refractivity contribution in [1.29, 1.82) is 0 Å². The van der Waals surface area contributed by atoms with E-state index in [1.807, 2.05) is 15.7 Å². The second-order valence-corrected chi connectivity index (χ2v) is 13.9. The molecule has 0 aliphatic carbocycles. The topological polar surface area (TPSA) is 42.3 Å². The molecule has 0 amide bonds. The van der Waals surface area contributed by atoms with Gasteiger partial charge in [0.1, 0.15) is 0 Å². The van der Waals surface area contributed by atoms with E-state index >= 15 is 0 Å². The van der Waals surface area contributed by atoms with Crippen molar-refractivity contribution in [2.45, 2.75) is 120 Å². The van der Waals surface area contributed by atoms with Gasteiger partial charge in [-0.3, -0.25) is 0 Å². The Labute approximate surface area is 266 Å². The van der Waals surface area contributed by atoms with Gasteiger partial charge >= 0.3 is 26.0 Å². The average molecular weight is 612 g/mol.